The molecule has 0 spiro atoms. The standard InChI is InChI=1S/C12H19F3N2O2/c13-12(14,15)8-3-1-2-4-9(8)17-11(19)10-5-7(18)6-16-10/h7-10,16,18H,1-6H2,(H,17,19). The van der Waals surface area contributed by atoms with Crippen molar-refractivity contribution in [3.05, 3.63) is 0 Å². The van der Waals surface area contributed by atoms with E-state index in [1.165, 1.54) is 0 Å². The lowest BCUT2D eigenvalue weighted by atomic mass is 9.84. The van der Waals surface area contributed by atoms with E-state index in [-0.39, 0.29) is 12.8 Å². The summed E-state index contributed by atoms with van der Waals surface area (Å²) in [6.07, 6.45) is -2.90. The summed E-state index contributed by atoms with van der Waals surface area (Å²) >= 11 is 0. The molecule has 3 N–H and O–H groups in total. The van der Waals surface area contributed by atoms with Crippen LogP contribution in [0.5, 0.6) is 0 Å². The molecule has 4 unspecified atom stereocenters. The Labute approximate surface area is 109 Å². The monoisotopic (exact) mass is 280 g/mol. The normalized spacial score (nSPS) is 36.2. The molecule has 0 aromatic carbocycles. The van der Waals surface area contributed by atoms with Gasteiger partial charge in [0.1, 0.15) is 0 Å². The summed E-state index contributed by atoms with van der Waals surface area (Å²) < 4.78 is 38.6. The maximum Gasteiger partial charge on any atom is 0.393 e. The Bertz CT molecular complexity index is 335. The van der Waals surface area contributed by atoms with Gasteiger partial charge in [-0.05, 0) is 19.3 Å². The van der Waals surface area contributed by atoms with Crippen molar-refractivity contribution in [2.45, 2.75) is 56.5 Å². The Morgan fingerprint density at radius 3 is 2.53 bits per heavy atom. The van der Waals surface area contributed by atoms with E-state index in [4.69, 9.17) is 0 Å². The van der Waals surface area contributed by atoms with E-state index in [1.807, 2.05) is 0 Å². The fraction of sp³-hybridized carbons (Fsp3) is 0.917. The molecular formula is C12H19F3N2O2. The molecule has 0 bridgehead atoms. The minimum atomic E-state index is -4.26. The molecule has 1 aliphatic carbocycles. The van der Waals surface area contributed by atoms with Crippen molar-refractivity contribution in [2.24, 2.45) is 5.92 Å². The molecule has 2 aliphatic rings. The number of rotatable bonds is 2. The molecule has 0 aromatic heterocycles. The molecule has 4 nitrogen and oxygen atoms in total. The number of hydrogen-bond donors (Lipinski definition) is 3. The first-order chi connectivity index (χ1) is 8.88. The van der Waals surface area contributed by atoms with Crippen LogP contribution >= 0.6 is 0 Å². The van der Waals surface area contributed by atoms with Crippen molar-refractivity contribution in [1.29, 1.82) is 0 Å². The first-order valence-corrected chi connectivity index (χ1v) is 6.66. The predicted molar refractivity (Wildman–Crippen MR) is 62.4 cm³/mol. The maximum atomic E-state index is 12.9. The smallest absolute Gasteiger partial charge is 0.392 e. The van der Waals surface area contributed by atoms with Crippen molar-refractivity contribution in [1.82, 2.24) is 10.6 Å². The van der Waals surface area contributed by atoms with E-state index in [9.17, 15) is 23.1 Å². The summed E-state index contributed by atoms with van der Waals surface area (Å²) in [5, 5.41) is 14.6. The van der Waals surface area contributed by atoms with Crippen LogP contribution in [0.3, 0.4) is 0 Å². The molecule has 0 radical (unpaired) electrons. The van der Waals surface area contributed by atoms with Crippen LogP contribution in [0, 0.1) is 5.92 Å². The number of nitrogens with one attached hydrogen (secondary N) is 2. The Morgan fingerprint density at radius 2 is 1.95 bits per heavy atom. The average Bonchev–Trinajstić information content (AvgIpc) is 2.75. The first-order valence-electron chi connectivity index (χ1n) is 6.66. The number of amides is 1. The van der Waals surface area contributed by atoms with E-state index in [2.05, 4.69) is 10.6 Å². The molecule has 4 atom stereocenters. The minimum absolute atomic E-state index is 0.0785. The number of hydrogen-bond acceptors (Lipinski definition) is 3. The fourth-order valence-corrected chi connectivity index (χ4v) is 2.90. The lowest BCUT2D eigenvalue weighted by Gasteiger charge is -2.34. The molecule has 1 heterocycles. The quantitative estimate of drug-likeness (QED) is 0.705. The van der Waals surface area contributed by atoms with Crippen molar-refractivity contribution >= 4 is 5.91 Å². The van der Waals surface area contributed by atoms with Gasteiger partial charge < -0.3 is 15.7 Å². The first kappa shape index (κ1) is 14.6. The van der Waals surface area contributed by atoms with Crippen molar-refractivity contribution in [3.63, 3.8) is 0 Å². The zero-order valence-electron chi connectivity index (χ0n) is 10.5. The Hall–Kier alpha value is -0.820. The highest BCUT2D eigenvalue weighted by Crippen LogP contribution is 2.37. The molecule has 1 aliphatic heterocycles. The van der Waals surface area contributed by atoms with E-state index < -0.39 is 36.2 Å². The van der Waals surface area contributed by atoms with Crippen LogP contribution in [0.4, 0.5) is 13.2 Å². The highest BCUT2D eigenvalue weighted by Gasteiger charge is 2.46. The van der Waals surface area contributed by atoms with Crippen molar-refractivity contribution < 1.29 is 23.1 Å². The summed E-state index contributed by atoms with van der Waals surface area (Å²) in [5.74, 6) is -1.88. The summed E-state index contributed by atoms with van der Waals surface area (Å²) in [6, 6.07) is -1.41. The van der Waals surface area contributed by atoms with Gasteiger partial charge in [0, 0.05) is 12.6 Å². The lowest BCUT2D eigenvalue weighted by Crippen LogP contribution is -2.52. The highest BCUT2D eigenvalue weighted by molar-refractivity contribution is 5.82. The Morgan fingerprint density at radius 1 is 1.26 bits per heavy atom. The third kappa shape index (κ3) is 3.60. The van der Waals surface area contributed by atoms with Gasteiger partial charge in [-0.3, -0.25) is 4.79 Å². The molecule has 2 fully saturated rings. The van der Waals surface area contributed by atoms with Gasteiger partial charge >= 0.3 is 6.18 Å². The second kappa shape index (κ2) is 5.66. The minimum Gasteiger partial charge on any atom is -0.392 e. The van der Waals surface area contributed by atoms with Crippen LogP contribution in [0.2, 0.25) is 0 Å². The van der Waals surface area contributed by atoms with Crippen LogP contribution in [-0.2, 0) is 4.79 Å². The van der Waals surface area contributed by atoms with E-state index >= 15 is 0 Å². The third-order valence-corrected chi connectivity index (χ3v) is 3.94. The summed E-state index contributed by atoms with van der Waals surface area (Å²) in [4.78, 5) is 11.9. The topological polar surface area (TPSA) is 61.4 Å². The Kier molecular flexibility index (Phi) is 4.35. The zero-order valence-corrected chi connectivity index (χ0v) is 10.5. The fourth-order valence-electron chi connectivity index (χ4n) is 2.90. The van der Waals surface area contributed by atoms with Crippen molar-refractivity contribution in [3.8, 4) is 0 Å². The van der Waals surface area contributed by atoms with Crippen LogP contribution in [0.25, 0.3) is 0 Å². The number of β-amino-alcohol motifs (C(OH)–C–C–N with tert-alkyl or cyclic N) is 1. The molecule has 7 heteroatoms. The molecule has 110 valence electrons. The van der Waals surface area contributed by atoms with E-state index in [0.717, 1.165) is 0 Å². The van der Waals surface area contributed by atoms with Crippen LogP contribution in [-0.4, -0.2) is 41.9 Å². The largest absolute Gasteiger partial charge is 0.393 e. The second-order valence-corrected chi connectivity index (χ2v) is 5.40. The number of aliphatic hydroxyl groups excluding tert-OH is 1. The number of alkyl halides is 3. The van der Waals surface area contributed by atoms with Crippen LogP contribution < -0.4 is 10.6 Å². The van der Waals surface area contributed by atoms with Gasteiger partial charge in [-0.2, -0.15) is 13.2 Å². The van der Waals surface area contributed by atoms with Gasteiger partial charge in [-0.25, -0.2) is 0 Å². The van der Waals surface area contributed by atoms with Crippen molar-refractivity contribution in [2.75, 3.05) is 6.54 Å². The van der Waals surface area contributed by atoms with Gasteiger partial charge in [-0.1, -0.05) is 12.8 Å². The summed E-state index contributed by atoms with van der Waals surface area (Å²) in [6.45, 7) is 0.311. The second-order valence-electron chi connectivity index (χ2n) is 5.40. The lowest BCUT2D eigenvalue weighted by molar-refractivity contribution is -0.189. The predicted octanol–water partition coefficient (Wildman–Crippen LogP) is 0.946. The van der Waals surface area contributed by atoms with Gasteiger partial charge in [0.25, 0.3) is 0 Å². The summed E-state index contributed by atoms with van der Waals surface area (Å²) in [5.41, 5.74) is 0. The third-order valence-electron chi connectivity index (χ3n) is 3.94. The average molecular weight is 280 g/mol. The number of carbonyl (C=O) groups excluding carboxylic acids is 1. The SMILES string of the molecule is O=C(NC1CCCCC1C(F)(F)F)C1CC(O)CN1. The number of aliphatic hydroxyl groups is 1. The zero-order chi connectivity index (χ0) is 14.0. The highest BCUT2D eigenvalue weighted by atomic mass is 19.4. The molecule has 0 aromatic rings. The molecule has 2 rings (SSSR count). The van der Waals surface area contributed by atoms with E-state index in [0.29, 0.717) is 25.8 Å². The molecule has 19 heavy (non-hydrogen) atoms. The summed E-state index contributed by atoms with van der Waals surface area (Å²) in [7, 11) is 0. The maximum absolute atomic E-state index is 12.9. The molecule has 1 saturated carbocycles. The van der Waals surface area contributed by atoms with Crippen LogP contribution in [0.15, 0.2) is 0 Å². The van der Waals surface area contributed by atoms with Crippen LogP contribution in [0.1, 0.15) is 32.1 Å². The molecule has 1 amide bonds. The van der Waals surface area contributed by atoms with Gasteiger partial charge in [0.05, 0.1) is 18.1 Å². The number of carbonyl (C=O) groups is 1. The number of halogens is 3. The molecular weight excluding hydrogens is 261 g/mol. The molecule has 1 saturated heterocycles. The Balaban J connectivity index is 1.94. The van der Waals surface area contributed by atoms with Gasteiger partial charge in [-0.15, -0.1) is 0 Å². The van der Waals surface area contributed by atoms with Gasteiger partial charge in [0.2, 0.25) is 5.91 Å². The van der Waals surface area contributed by atoms with E-state index in [1.54, 1.807) is 0 Å². The van der Waals surface area contributed by atoms with Gasteiger partial charge in [0.15, 0.2) is 0 Å².